The molecule has 2 aromatic carbocycles. The maximum Gasteiger partial charge on any atom is 0.176 e. The Morgan fingerprint density at radius 1 is 1.13 bits per heavy atom. The zero-order chi connectivity index (χ0) is 21.5. The van der Waals surface area contributed by atoms with Crippen LogP contribution < -0.4 is 15.4 Å². The lowest BCUT2D eigenvalue weighted by Gasteiger charge is -2.29. The molecule has 5 nitrogen and oxygen atoms in total. The molecule has 0 spiro atoms. The number of para-hydroxylation sites is 2. The molecule has 1 aliphatic carbocycles. The Hall–Kier alpha value is -2.96. The lowest BCUT2D eigenvalue weighted by molar-refractivity contribution is -0.116. The number of fused-ring (bicyclic) bond motifs is 1. The number of nitrogens with one attached hydrogen (secondary N) is 2. The van der Waals surface area contributed by atoms with E-state index < -0.39 is 6.04 Å². The SMILES string of the molecule is COc1cc([C@@H]2Nc3ccccc3NC3=C2C(=O)C[C@H](c2cccs2)C3)cc(Cl)c1O. The zero-order valence-electron chi connectivity index (χ0n) is 16.8. The molecular formula is C24H21ClN2O3S. The number of phenols is 1. The van der Waals surface area contributed by atoms with Crippen molar-refractivity contribution in [3.63, 3.8) is 0 Å². The number of ether oxygens (including phenoxy) is 1. The molecule has 3 N–H and O–H groups in total. The predicted octanol–water partition coefficient (Wildman–Crippen LogP) is 6.10. The van der Waals surface area contributed by atoms with Crippen molar-refractivity contribution in [2.75, 3.05) is 17.7 Å². The van der Waals surface area contributed by atoms with E-state index in [1.165, 1.54) is 12.0 Å². The van der Waals surface area contributed by atoms with Gasteiger partial charge in [0.15, 0.2) is 17.3 Å². The van der Waals surface area contributed by atoms with Crippen molar-refractivity contribution in [2.45, 2.75) is 24.8 Å². The molecule has 7 heteroatoms. The highest BCUT2D eigenvalue weighted by Gasteiger charge is 2.36. The number of anilines is 2. The maximum atomic E-state index is 13.5. The molecule has 31 heavy (non-hydrogen) atoms. The van der Waals surface area contributed by atoms with Gasteiger partial charge in [0.05, 0.1) is 29.5 Å². The molecule has 0 radical (unpaired) electrons. The molecule has 1 aliphatic heterocycles. The molecular weight excluding hydrogens is 432 g/mol. The lowest BCUT2D eigenvalue weighted by Crippen LogP contribution is -2.26. The number of halogens is 1. The third kappa shape index (κ3) is 3.56. The average Bonchev–Trinajstić information content (AvgIpc) is 3.24. The van der Waals surface area contributed by atoms with Crippen LogP contribution >= 0.6 is 22.9 Å². The summed E-state index contributed by atoms with van der Waals surface area (Å²) in [6.45, 7) is 0. The third-order valence-corrected chi connectivity index (χ3v) is 7.18. The molecule has 158 valence electrons. The zero-order valence-corrected chi connectivity index (χ0v) is 18.4. The Morgan fingerprint density at radius 2 is 1.94 bits per heavy atom. The number of aromatic hydroxyl groups is 1. The van der Waals surface area contributed by atoms with Crippen LogP contribution in [0.15, 0.2) is 65.2 Å². The molecule has 0 fully saturated rings. The standard InChI is InChI=1S/C24H21ClN2O3S/c1-30-20-12-14(9-15(25)24(20)29)23-22-18(26-16-5-2-3-6-17(16)27-23)10-13(11-19(22)28)21-7-4-8-31-21/h2-9,12-13,23,26-27,29H,10-11H2,1H3/t13-,23+/m1/s1. The molecule has 0 bridgehead atoms. The van der Waals surface area contributed by atoms with E-state index in [1.54, 1.807) is 23.5 Å². The number of phenolic OH excluding ortho intramolecular Hbond substituents is 1. The first-order valence-electron chi connectivity index (χ1n) is 10.0. The largest absolute Gasteiger partial charge is 0.503 e. The molecule has 2 atom stereocenters. The van der Waals surface area contributed by atoms with Gasteiger partial charge in [-0.3, -0.25) is 4.79 Å². The molecule has 2 heterocycles. The number of hydrogen-bond donors (Lipinski definition) is 3. The second-order valence-corrected chi connectivity index (χ2v) is 9.12. The Kier molecular flexibility index (Phi) is 5.12. The minimum atomic E-state index is -0.421. The number of methoxy groups -OCH3 is 1. The van der Waals surface area contributed by atoms with Gasteiger partial charge in [0.25, 0.3) is 0 Å². The number of hydrogen-bond acceptors (Lipinski definition) is 6. The fourth-order valence-electron chi connectivity index (χ4n) is 4.38. The first-order chi connectivity index (χ1) is 15.0. The van der Waals surface area contributed by atoms with Crippen LogP contribution in [0.4, 0.5) is 11.4 Å². The monoisotopic (exact) mass is 452 g/mol. The van der Waals surface area contributed by atoms with Gasteiger partial charge < -0.3 is 20.5 Å². The van der Waals surface area contributed by atoms with Crippen molar-refractivity contribution in [3.05, 3.63) is 80.6 Å². The van der Waals surface area contributed by atoms with Crippen molar-refractivity contribution >= 4 is 40.1 Å². The van der Waals surface area contributed by atoms with E-state index in [0.29, 0.717) is 12.0 Å². The van der Waals surface area contributed by atoms with Crippen LogP contribution in [0.25, 0.3) is 0 Å². The van der Waals surface area contributed by atoms with Crippen LogP contribution in [0.2, 0.25) is 5.02 Å². The summed E-state index contributed by atoms with van der Waals surface area (Å²) >= 11 is 7.97. The molecule has 0 amide bonds. The number of benzene rings is 2. The summed E-state index contributed by atoms with van der Waals surface area (Å²) in [6.07, 6.45) is 1.20. The molecule has 0 saturated carbocycles. The summed E-state index contributed by atoms with van der Waals surface area (Å²) in [5.74, 6) is 0.418. The van der Waals surface area contributed by atoms with Crippen LogP contribution in [0.5, 0.6) is 11.5 Å². The van der Waals surface area contributed by atoms with Gasteiger partial charge in [0.1, 0.15) is 0 Å². The lowest BCUT2D eigenvalue weighted by atomic mass is 9.80. The second-order valence-electron chi connectivity index (χ2n) is 7.74. The first-order valence-corrected chi connectivity index (χ1v) is 11.3. The van der Waals surface area contributed by atoms with Crippen LogP contribution in [-0.2, 0) is 4.79 Å². The highest BCUT2D eigenvalue weighted by Crippen LogP contribution is 2.46. The van der Waals surface area contributed by atoms with E-state index >= 15 is 0 Å². The van der Waals surface area contributed by atoms with Crippen LogP contribution in [0.3, 0.4) is 0 Å². The normalized spacial score (nSPS) is 20.3. The summed E-state index contributed by atoms with van der Waals surface area (Å²) in [6, 6.07) is 15.0. The van der Waals surface area contributed by atoms with E-state index in [0.717, 1.165) is 29.1 Å². The second kappa shape index (κ2) is 7.94. The van der Waals surface area contributed by atoms with Gasteiger partial charge in [-0.15, -0.1) is 11.3 Å². The van der Waals surface area contributed by atoms with Gasteiger partial charge >= 0.3 is 0 Å². The smallest absolute Gasteiger partial charge is 0.176 e. The van der Waals surface area contributed by atoms with Crippen LogP contribution in [0.1, 0.15) is 35.2 Å². The number of ketones is 1. The van der Waals surface area contributed by atoms with E-state index in [4.69, 9.17) is 16.3 Å². The number of Topliss-reactive ketones (excluding diaryl/α,β-unsaturated/α-hetero) is 1. The van der Waals surface area contributed by atoms with Crippen LogP contribution in [0, 0.1) is 0 Å². The highest BCUT2D eigenvalue weighted by molar-refractivity contribution is 7.10. The number of thiophene rings is 1. The van der Waals surface area contributed by atoms with E-state index in [1.807, 2.05) is 30.3 Å². The molecule has 0 unspecified atom stereocenters. The summed E-state index contributed by atoms with van der Waals surface area (Å²) in [5.41, 5.74) is 4.20. The predicted molar refractivity (Wildman–Crippen MR) is 124 cm³/mol. The maximum absolute atomic E-state index is 13.5. The number of carbonyl (C=O) groups is 1. The van der Waals surface area contributed by atoms with E-state index in [9.17, 15) is 9.90 Å². The summed E-state index contributed by atoms with van der Waals surface area (Å²) in [7, 11) is 1.48. The van der Waals surface area contributed by atoms with Crippen molar-refractivity contribution in [2.24, 2.45) is 0 Å². The Labute approximate surface area is 189 Å². The van der Waals surface area contributed by atoms with E-state index in [2.05, 4.69) is 22.1 Å². The highest BCUT2D eigenvalue weighted by atomic mass is 35.5. The topological polar surface area (TPSA) is 70.6 Å². The quantitative estimate of drug-likeness (QED) is 0.448. The molecule has 3 aromatic rings. The van der Waals surface area contributed by atoms with Crippen molar-refractivity contribution in [1.82, 2.24) is 0 Å². The number of rotatable bonds is 3. The number of allylic oxidation sites excluding steroid dienone is 1. The Morgan fingerprint density at radius 3 is 2.68 bits per heavy atom. The number of carbonyl (C=O) groups excluding carboxylic acids is 1. The fourth-order valence-corrected chi connectivity index (χ4v) is 5.43. The van der Waals surface area contributed by atoms with Crippen molar-refractivity contribution < 1.29 is 14.6 Å². The van der Waals surface area contributed by atoms with Gasteiger partial charge in [0, 0.05) is 28.5 Å². The fraction of sp³-hybridized carbons (Fsp3) is 0.208. The first kappa shape index (κ1) is 20.0. The van der Waals surface area contributed by atoms with E-state index in [-0.39, 0.29) is 28.2 Å². The van der Waals surface area contributed by atoms with Gasteiger partial charge in [0.2, 0.25) is 0 Å². The molecule has 5 rings (SSSR count). The summed E-state index contributed by atoms with van der Waals surface area (Å²) in [4.78, 5) is 14.7. The van der Waals surface area contributed by atoms with Crippen molar-refractivity contribution in [3.8, 4) is 11.5 Å². The van der Waals surface area contributed by atoms with Gasteiger partial charge in [-0.25, -0.2) is 0 Å². The summed E-state index contributed by atoms with van der Waals surface area (Å²) in [5, 5.41) is 19.5. The minimum Gasteiger partial charge on any atom is -0.503 e. The van der Waals surface area contributed by atoms with Crippen molar-refractivity contribution in [1.29, 1.82) is 0 Å². The van der Waals surface area contributed by atoms with Gasteiger partial charge in [-0.05, 0) is 47.7 Å². The van der Waals surface area contributed by atoms with Crippen LogP contribution in [-0.4, -0.2) is 18.0 Å². The minimum absolute atomic E-state index is 0.0978. The molecule has 2 aliphatic rings. The van der Waals surface area contributed by atoms with Gasteiger partial charge in [-0.2, -0.15) is 0 Å². The Balaban J connectivity index is 1.65. The average molecular weight is 453 g/mol. The summed E-state index contributed by atoms with van der Waals surface area (Å²) < 4.78 is 5.31. The molecule has 0 saturated heterocycles. The Bertz CT molecular complexity index is 1190. The third-order valence-electron chi connectivity index (χ3n) is 5.86. The molecule has 1 aromatic heterocycles. The van der Waals surface area contributed by atoms with Gasteiger partial charge in [-0.1, -0.05) is 29.8 Å².